The van der Waals surface area contributed by atoms with Gasteiger partial charge in [-0.1, -0.05) is 35.9 Å². The minimum absolute atomic E-state index is 0.256. The Morgan fingerprint density at radius 1 is 0.966 bits per heavy atom. The first-order valence-corrected chi connectivity index (χ1v) is 9.23. The van der Waals surface area contributed by atoms with E-state index in [9.17, 15) is 4.79 Å². The molecule has 0 aliphatic carbocycles. The summed E-state index contributed by atoms with van der Waals surface area (Å²) in [7, 11) is 4.52. The monoisotopic (exact) mass is 412 g/mol. The van der Waals surface area contributed by atoms with Gasteiger partial charge in [0, 0.05) is 16.8 Å². The fraction of sp³-hybridized carbons (Fsp3) is 0.182. The highest BCUT2D eigenvalue weighted by Gasteiger charge is 2.24. The first kappa shape index (κ1) is 20.5. The van der Waals surface area contributed by atoms with Gasteiger partial charge in [0.25, 0.3) is 5.91 Å². The van der Waals surface area contributed by atoms with Crippen molar-refractivity contribution in [2.75, 3.05) is 26.2 Å². The molecule has 0 saturated heterocycles. The van der Waals surface area contributed by atoms with Crippen molar-refractivity contribution in [1.82, 2.24) is 4.98 Å². The quantitative estimate of drug-likeness (QED) is 0.567. The van der Waals surface area contributed by atoms with Crippen LogP contribution < -0.4 is 19.1 Å². The standard InChI is InChI=1S/C22H21ClN2O4/c1-27-18-12-16(13-19(28-2)21(18)29-3)22(26)25(20-10-6-7-11-24-20)14-15-8-4-5-9-17(15)23/h4-13H,14H2,1-3H3. The Kier molecular flexibility index (Phi) is 6.57. The smallest absolute Gasteiger partial charge is 0.260 e. The summed E-state index contributed by atoms with van der Waals surface area (Å²) in [5.41, 5.74) is 1.18. The number of hydrogen-bond acceptors (Lipinski definition) is 5. The number of pyridine rings is 1. The summed E-state index contributed by atoms with van der Waals surface area (Å²) in [5, 5.41) is 0.575. The number of nitrogens with zero attached hydrogens (tertiary/aromatic N) is 2. The van der Waals surface area contributed by atoms with Gasteiger partial charge in [0.2, 0.25) is 5.75 Å². The molecule has 1 heterocycles. The maximum atomic E-state index is 13.5. The van der Waals surface area contributed by atoms with Gasteiger partial charge in [0.15, 0.2) is 11.5 Å². The van der Waals surface area contributed by atoms with Crippen LogP contribution in [0.25, 0.3) is 0 Å². The van der Waals surface area contributed by atoms with E-state index in [0.29, 0.717) is 33.7 Å². The molecule has 0 atom stereocenters. The molecule has 0 saturated carbocycles. The van der Waals surface area contributed by atoms with Gasteiger partial charge in [-0.3, -0.25) is 9.69 Å². The molecular formula is C22H21ClN2O4. The summed E-state index contributed by atoms with van der Waals surface area (Å²) >= 11 is 6.33. The molecule has 0 aliphatic heterocycles. The Hall–Kier alpha value is -3.25. The van der Waals surface area contributed by atoms with Crippen LogP contribution >= 0.6 is 11.6 Å². The van der Waals surface area contributed by atoms with Crippen molar-refractivity contribution in [2.45, 2.75) is 6.54 Å². The third kappa shape index (κ3) is 4.43. The topological polar surface area (TPSA) is 60.9 Å². The van der Waals surface area contributed by atoms with E-state index >= 15 is 0 Å². The highest BCUT2D eigenvalue weighted by Crippen LogP contribution is 2.38. The number of carbonyl (C=O) groups excluding carboxylic acids is 1. The molecule has 6 nitrogen and oxygen atoms in total. The first-order valence-electron chi connectivity index (χ1n) is 8.85. The Labute approximate surface area is 174 Å². The molecule has 3 rings (SSSR count). The lowest BCUT2D eigenvalue weighted by molar-refractivity contribution is 0.0983. The van der Waals surface area contributed by atoms with Gasteiger partial charge in [-0.2, -0.15) is 0 Å². The van der Waals surface area contributed by atoms with Crippen molar-refractivity contribution in [3.63, 3.8) is 0 Å². The van der Waals surface area contributed by atoms with E-state index in [1.807, 2.05) is 24.3 Å². The van der Waals surface area contributed by atoms with Crippen LogP contribution in [-0.2, 0) is 6.54 Å². The number of anilines is 1. The van der Waals surface area contributed by atoms with E-state index in [4.69, 9.17) is 25.8 Å². The summed E-state index contributed by atoms with van der Waals surface area (Å²) < 4.78 is 16.1. The summed E-state index contributed by atoms with van der Waals surface area (Å²) in [4.78, 5) is 19.4. The Bertz CT molecular complexity index is 970. The molecule has 7 heteroatoms. The second-order valence-electron chi connectivity index (χ2n) is 6.08. The Morgan fingerprint density at radius 3 is 2.17 bits per heavy atom. The second-order valence-corrected chi connectivity index (χ2v) is 6.49. The highest BCUT2D eigenvalue weighted by molar-refractivity contribution is 6.31. The van der Waals surface area contributed by atoms with Gasteiger partial charge in [0.1, 0.15) is 5.82 Å². The molecule has 0 N–H and O–H groups in total. The summed E-state index contributed by atoms with van der Waals surface area (Å²) in [6.45, 7) is 0.256. The van der Waals surface area contributed by atoms with Crippen molar-refractivity contribution >= 4 is 23.3 Å². The summed E-state index contributed by atoms with van der Waals surface area (Å²) in [5.74, 6) is 1.44. The van der Waals surface area contributed by atoms with Crippen molar-refractivity contribution in [1.29, 1.82) is 0 Å². The molecule has 1 amide bonds. The number of aromatic nitrogens is 1. The number of carbonyl (C=O) groups is 1. The largest absolute Gasteiger partial charge is 0.493 e. The fourth-order valence-corrected chi connectivity index (χ4v) is 3.12. The van der Waals surface area contributed by atoms with Crippen LogP contribution in [0.1, 0.15) is 15.9 Å². The minimum Gasteiger partial charge on any atom is -0.493 e. The van der Waals surface area contributed by atoms with Crippen LogP contribution in [0.3, 0.4) is 0 Å². The maximum absolute atomic E-state index is 13.5. The minimum atomic E-state index is -0.275. The number of hydrogen-bond donors (Lipinski definition) is 0. The second kappa shape index (κ2) is 9.30. The molecule has 150 valence electrons. The molecule has 2 aromatic carbocycles. The molecule has 0 radical (unpaired) electrons. The molecule has 0 fully saturated rings. The normalized spacial score (nSPS) is 10.3. The van der Waals surface area contributed by atoms with Crippen LogP contribution in [0.5, 0.6) is 17.2 Å². The lowest BCUT2D eigenvalue weighted by Gasteiger charge is -2.23. The lowest BCUT2D eigenvalue weighted by atomic mass is 10.1. The summed E-state index contributed by atoms with van der Waals surface area (Å²) in [6.07, 6.45) is 1.64. The first-order chi connectivity index (χ1) is 14.1. The Balaban J connectivity index is 2.06. The SMILES string of the molecule is COc1cc(C(=O)N(Cc2ccccc2Cl)c2ccccn2)cc(OC)c1OC. The van der Waals surface area contributed by atoms with Crippen LogP contribution in [0, 0.1) is 0 Å². The molecule has 29 heavy (non-hydrogen) atoms. The third-order valence-electron chi connectivity index (χ3n) is 4.37. The van der Waals surface area contributed by atoms with Crippen molar-refractivity contribution < 1.29 is 19.0 Å². The van der Waals surface area contributed by atoms with E-state index in [1.54, 1.807) is 41.4 Å². The average Bonchev–Trinajstić information content (AvgIpc) is 2.77. The molecular weight excluding hydrogens is 392 g/mol. The fourth-order valence-electron chi connectivity index (χ4n) is 2.93. The maximum Gasteiger partial charge on any atom is 0.260 e. The number of amides is 1. The molecule has 0 aliphatic rings. The molecule has 0 spiro atoms. The van der Waals surface area contributed by atoms with Gasteiger partial charge in [-0.15, -0.1) is 0 Å². The van der Waals surface area contributed by atoms with E-state index in [-0.39, 0.29) is 12.5 Å². The van der Waals surface area contributed by atoms with Gasteiger partial charge in [0.05, 0.1) is 27.9 Å². The lowest BCUT2D eigenvalue weighted by Crippen LogP contribution is -2.31. The molecule has 1 aromatic heterocycles. The third-order valence-corrected chi connectivity index (χ3v) is 4.74. The van der Waals surface area contributed by atoms with E-state index in [1.165, 1.54) is 21.3 Å². The summed E-state index contributed by atoms with van der Waals surface area (Å²) in [6, 6.07) is 16.0. The van der Waals surface area contributed by atoms with Gasteiger partial charge < -0.3 is 14.2 Å². The molecule has 0 unspecified atom stereocenters. The van der Waals surface area contributed by atoms with Crippen LogP contribution in [0.15, 0.2) is 60.8 Å². The zero-order valence-electron chi connectivity index (χ0n) is 16.4. The van der Waals surface area contributed by atoms with Crippen LogP contribution in [0.4, 0.5) is 5.82 Å². The van der Waals surface area contributed by atoms with Crippen LogP contribution in [0.2, 0.25) is 5.02 Å². The highest BCUT2D eigenvalue weighted by atomic mass is 35.5. The van der Waals surface area contributed by atoms with E-state index < -0.39 is 0 Å². The van der Waals surface area contributed by atoms with Gasteiger partial charge in [-0.05, 0) is 35.9 Å². The predicted molar refractivity (Wildman–Crippen MR) is 112 cm³/mol. The Morgan fingerprint density at radius 2 is 1.62 bits per heavy atom. The zero-order chi connectivity index (χ0) is 20.8. The van der Waals surface area contributed by atoms with Crippen molar-refractivity contribution in [2.24, 2.45) is 0 Å². The molecule has 3 aromatic rings. The number of benzene rings is 2. The van der Waals surface area contributed by atoms with E-state index in [0.717, 1.165) is 5.56 Å². The predicted octanol–water partition coefficient (Wildman–Crippen LogP) is 4.61. The zero-order valence-corrected chi connectivity index (χ0v) is 17.1. The van der Waals surface area contributed by atoms with Gasteiger partial charge >= 0.3 is 0 Å². The average molecular weight is 413 g/mol. The number of ether oxygens (including phenoxy) is 3. The van der Waals surface area contributed by atoms with Crippen LogP contribution in [-0.4, -0.2) is 32.2 Å². The number of methoxy groups -OCH3 is 3. The number of rotatable bonds is 7. The van der Waals surface area contributed by atoms with Crippen molar-refractivity contribution in [3.8, 4) is 17.2 Å². The van der Waals surface area contributed by atoms with Crippen molar-refractivity contribution in [3.05, 3.63) is 76.9 Å². The van der Waals surface area contributed by atoms with Gasteiger partial charge in [-0.25, -0.2) is 4.98 Å². The molecule has 0 bridgehead atoms. The number of halogens is 1. The van der Waals surface area contributed by atoms with E-state index in [2.05, 4.69) is 4.98 Å².